The monoisotopic (exact) mass is 307 g/mol. The van der Waals surface area contributed by atoms with Crippen molar-refractivity contribution in [1.29, 1.82) is 0 Å². The van der Waals surface area contributed by atoms with Gasteiger partial charge in [-0.25, -0.2) is 0 Å². The zero-order chi connectivity index (χ0) is 15.3. The fourth-order valence-corrected chi connectivity index (χ4v) is 2.44. The first-order valence-corrected chi connectivity index (χ1v) is 7.76. The highest BCUT2D eigenvalue weighted by Gasteiger charge is 2.29. The quantitative estimate of drug-likeness (QED) is 0.831. The highest BCUT2D eigenvalue weighted by molar-refractivity contribution is 6.30. The molecule has 0 radical (unpaired) electrons. The molecule has 1 amide bonds. The van der Waals surface area contributed by atoms with Crippen LogP contribution in [0.2, 0.25) is 5.02 Å². The maximum atomic E-state index is 12.3. The molecule has 3 nitrogen and oxygen atoms in total. The first-order valence-electron chi connectivity index (χ1n) is 7.38. The van der Waals surface area contributed by atoms with Gasteiger partial charge in [-0.2, -0.15) is 0 Å². The van der Waals surface area contributed by atoms with Crippen molar-refractivity contribution in [2.24, 2.45) is 0 Å². The Bertz CT molecular complexity index is 520. The van der Waals surface area contributed by atoms with Gasteiger partial charge in [-0.15, -0.1) is 0 Å². The molecule has 0 aromatic heterocycles. The Labute approximate surface area is 131 Å². The highest BCUT2D eigenvalue weighted by Crippen LogP contribution is 2.21. The summed E-state index contributed by atoms with van der Waals surface area (Å²) in [6, 6.07) is 7.03. The molecule has 0 fully saturated rings. The number of nitrogens with one attached hydrogen (secondary N) is 1. The Balaban J connectivity index is 1.90. The highest BCUT2D eigenvalue weighted by atomic mass is 35.5. The van der Waals surface area contributed by atoms with Crippen molar-refractivity contribution in [2.45, 2.75) is 45.1 Å². The number of benzene rings is 1. The number of rotatable bonds is 5. The summed E-state index contributed by atoms with van der Waals surface area (Å²) in [4.78, 5) is 12.3. The van der Waals surface area contributed by atoms with Crippen LogP contribution in [-0.4, -0.2) is 18.1 Å². The summed E-state index contributed by atoms with van der Waals surface area (Å²) < 4.78 is 5.77. The van der Waals surface area contributed by atoms with Gasteiger partial charge >= 0.3 is 0 Å². The topological polar surface area (TPSA) is 38.3 Å². The molecule has 1 aromatic carbocycles. The molecule has 2 rings (SSSR count). The maximum absolute atomic E-state index is 12.3. The molecule has 0 bridgehead atoms. The van der Waals surface area contributed by atoms with Crippen LogP contribution in [0, 0.1) is 0 Å². The molecule has 4 heteroatoms. The summed E-state index contributed by atoms with van der Waals surface area (Å²) in [5.74, 6) is 0.528. The van der Waals surface area contributed by atoms with E-state index in [-0.39, 0.29) is 5.91 Å². The zero-order valence-electron chi connectivity index (χ0n) is 12.6. The van der Waals surface area contributed by atoms with Gasteiger partial charge < -0.3 is 10.1 Å². The van der Waals surface area contributed by atoms with Crippen molar-refractivity contribution >= 4 is 17.5 Å². The number of hydrogen-bond acceptors (Lipinski definition) is 2. The van der Waals surface area contributed by atoms with Gasteiger partial charge in [0.25, 0.3) is 5.91 Å². The molecular formula is C17H22ClNO2. The Morgan fingerprint density at radius 2 is 2.00 bits per heavy atom. The molecule has 1 aliphatic carbocycles. The molecule has 1 aromatic rings. The molecule has 0 saturated carbocycles. The summed E-state index contributed by atoms with van der Waals surface area (Å²) in [7, 11) is 0. The van der Waals surface area contributed by atoms with Gasteiger partial charge in [0.2, 0.25) is 0 Å². The smallest absolute Gasteiger partial charge is 0.263 e. The number of amides is 1. The van der Waals surface area contributed by atoms with E-state index in [9.17, 15) is 4.79 Å². The Morgan fingerprint density at radius 3 is 2.62 bits per heavy atom. The van der Waals surface area contributed by atoms with Gasteiger partial charge in [-0.3, -0.25) is 4.79 Å². The van der Waals surface area contributed by atoms with Gasteiger partial charge in [0.1, 0.15) is 5.75 Å². The van der Waals surface area contributed by atoms with Crippen molar-refractivity contribution < 1.29 is 9.53 Å². The molecule has 0 aliphatic heterocycles. The summed E-state index contributed by atoms with van der Waals surface area (Å²) in [6.07, 6.45) is 6.90. The second-order valence-electron chi connectivity index (χ2n) is 5.86. The Hall–Kier alpha value is -1.48. The summed E-state index contributed by atoms with van der Waals surface area (Å²) >= 11 is 5.84. The molecule has 1 aliphatic rings. The summed E-state index contributed by atoms with van der Waals surface area (Å²) in [5, 5.41) is 3.61. The third-order valence-electron chi connectivity index (χ3n) is 3.59. The molecular weight excluding hydrogens is 286 g/mol. The number of carbonyl (C=O) groups is 1. The Morgan fingerprint density at radius 1 is 1.29 bits per heavy atom. The van der Waals surface area contributed by atoms with Crippen molar-refractivity contribution in [2.75, 3.05) is 6.54 Å². The Kier molecular flexibility index (Phi) is 5.29. The van der Waals surface area contributed by atoms with Crippen molar-refractivity contribution in [1.82, 2.24) is 5.32 Å². The first-order chi connectivity index (χ1) is 9.97. The van der Waals surface area contributed by atoms with Gasteiger partial charge in [0.15, 0.2) is 5.60 Å². The van der Waals surface area contributed by atoms with Gasteiger partial charge in [0, 0.05) is 11.6 Å². The fraction of sp³-hybridized carbons (Fsp3) is 0.471. The zero-order valence-corrected chi connectivity index (χ0v) is 13.4. The van der Waals surface area contributed by atoms with Crippen LogP contribution in [0.1, 0.15) is 39.5 Å². The van der Waals surface area contributed by atoms with Crippen molar-refractivity contribution in [3.63, 3.8) is 0 Å². The van der Waals surface area contributed by atoms with Crippen LogP contribution in [0.25, 0.3) is 0 Å². The average molecular weight is 308 g/mol. The third-order valence-corrected chi connectivity index (χ3v) is 3.85. The van der Waals surface area contributed by atoms with Gasteiger partial charge in [-0.1, -0.05) is 23.3 Å². The summed E-state index contributed by atoms with van der Waals surface area (Å²) in [6.45, 7) is 4.16. The van der Waals surface area contributed by atoms with E-state index in [2.05, 4.69) is 11.4 Å². The number of ether oxygens (including phenoxy) is 1. The molecule has 21 heavy (non-hydrogen) atoms. The van der Waals surface area contributed by atoms with Crippen LogP contribution in [-0.2, 0) is 4.79 Å². The average Bonchev–Trinajstić information content (AvgIpc) is 2.48. The second kappa shape index (κ2) is 6.99. The minimum Gasteiger partial charge on any atom is -0.478 e. The van der Waals surface area contributed by atoms with Crippen molar-refractivity contribution in [3.05, 3.63) is 40.9 Å². The van der Waals surface area contributed by atoms with E-state index >= 15 is 0 Å². The van der Waals surface area contributed by atoms with E-state index in [1.807, 2.05) is 0 Å². The lowest BCUT2D eigenvalue weighted by molar-refractivity contribution is -0.134. The molecule has 0 saturated heterocycles. The van der Waals surface area contributed by atoms with E-state index < -0.39 is 5.60 Å². The lowest BCUT2D eigenvalue weighted by Gasteiger charge is -2.26. The van der Waals surface area contributed by atoms with E-state index in [0.29, 0.717) is 17.3 Å². The van der Waals surface area contributed by atoms with Crippen molar-refractivity contribution in [3.8, 4) is 5.75 Å². The van der Waals surface area contributed by atoms with Crippen LogP contribution >= 0.6 is 11.6 Å². The normalized spacial score (nSPS) is 15.3. The predicted octanol–water partition coefficient (Wildman–Crippen LogP) is 4.11. The SMILES string of the molecule is CC(C)(Oc1ccc(Cl)cc1)C(=O)NCC1=CCCCC1. The standard InChI is InChI=1S/C17H22ClNO2/c1-17(2,21-15-10-8-14(18)9-11-15)16(20)19-12-13-6-4-3-5-7-13/h6,8-11H,3-5,7,12H2,1-2H3,(H,19,20). The lowest BCUT2D eigenvalue weighted by Crippen LogP contribution is -2.47. The minimum absolute atomic E-state index is 0.107. The van der Waals surface area contributed by atoms with Crippen LogP contribution in [0.5, 0.6) is 5.75 Å². The largest absolute Gasteiger partial charge is 0.478 e. The van der Waals surface area contributed by atoms with E-state index in [1.165, 1.54) is 18.4 Å². The molecule has 0 heterocycles. The van der Waals surface area contributed by atoms with Crippen LogP contribution in [0.3, 0.4) is 0 Å². The van der Waals surface area contributed by atoms with Gasteiger partial charge in [0.05, 0.1) is 0 Å². The van der Waals surface area contributed by atoms with Gasteiger partial charge in [-0.05, 0) is 63.8 Å². The fourth-order valence-electron chi connectivity index (χ4n) is 2.32. The number of halogens is 1. The predicted molar refractivity (Wildman–Crippen MR) is 85.7 cm³/mol. The summed E-state index contributed by atoms with van der Waals surface area (Å²) in [5.41, 5.74) is 0.403. The minimum atomic E-state index is -0.914. The molecule has 0 spiro atoms. The molecule has 0 atom stereocenters. The van der Waals surface area contributed by atoms with Crippen LogP contribution < -0.4 is 10.1 Å². The number of carbonyl (C=O) groups excluding carboxylic acids is 1. The third kappa shape index (κ3) is 4.78. The number of allylic oxidation sites excluding steroid dienone is 1. The molecule has 114 valence electrons. The second-order valence-corrected chi connectivity index (χ2v) is 6.29. The van der Waals surface area contributed by atoms with E-state index in [0.717, 1.165) is 12.8 Å². The molecule has 1 N–H and O–H groups in total. The van der Waals surface area contributed by atoms with Crippen LogP contribution in [0.4, 0.5) is 0 Å². The number of hydrogen-bond donors (Lipinski definition) is 1. The first kappa shape index (κ1) is 15.9. The van der Waals surface area contributed by atoms with E-state index in [1.54, 1.807) is 38.1 Å². The van der Waals surface area contributed by atoms with Crippen LogP contribution in [0.15, 0.2) is 35.9 Å². The van der Waals surface area contributed by atoms with E-state index in [4.69, 9.17) is 16.3 Å². The molecule has 0 unspecified atom stereocenters. The maximum Gasteiger partial charge on any atom is 0.263 e. The lowest BCUT2D eigenvalue weighted by atomic mass is 9.99.